The summed E-state index contributed by atoms with van der Waals surface area (Å²) in [4.78, 5) is 42.5. The molecule has 1 N–H and O–H groups in total. The predicted octanol–water partition coefficient (Wildman–Crippen LogP) is 3.32. The van der Waals surface area contributed by atoms with Crippen LogP contribution >= 0.6 is 11.8 Å². The maximum Gasteiger partial charge on any atom is 0.251 e. The molecule has 4 rings (SSSR count). The van der Waals surface area contributed by atoms with Crippen molar-refractivity contribution >= 4 is 35.2 Å². The highest BCUT2D eigenvalue weighted by Gasteiger charge is 2.38. The number of amides is 3. The Bertz CT molecular complexity index is 989. The molecule has 2 fully saturated rings. The van der Waals surface area contributed by atoms with Crippen LogP contribution in [0.4, 0.5) is 10.1 Å². The zero-order valence-electron chi connectivity index (χ0n) is 17.9. The molecule has 0 spiro atoms. The molecule has 168 valence electrons. The van der Waals surface area contributed by atoms with Gasteiger partial charge in [0.15, 0.2) is 0 Å². The van der Waals surface area contributed by atoms with Crippen molar-refractivity contribution in [3.05, 3.63) is 59.9 Å². The summed E-state index contributed by atoms with van der Waals surface area (Å²) >= 11 is 1.64. The number of thioether (sulfide) groups is 1. The number of piperidine rings is 1. The number of nitrogens with zero attached hydrogens (tertiary/aromatic N) is 2. The molecule has 2 aliphatic heterocycles. The van der Waals surface area contributed by atoms with Crippen LogP contribution < -0.4 is 10.2 Å². The molecule has 8 heteroatoms. The summed E-state index contributed by atoms with van der Waals surface area (Å²) in [6, 6.07) is 13.2. The van der Waals surface area contributed by atoms with Gasteiger partial charge >= 0.3 is 0 Å². The van der Waals surface area contributed by atoms with E-state index in [0.717, 1.165) is 10.6 Å². The van der Waals surface area contributed by atoms with Gasteiger partial charge in [0.2, 0.25) is 11.8 Å². The summed E-state index contributed by atoms with van der Waals surface area (Å²) in [5.74, 6) is -0.978. The van der Waals surface area contributed by atoms with Crippen molar-refractivity contribution in [1.29, 1.82) is 0 Å². The lowest BCUT2D eigenvalue weighted by Gasteiger charge is -2.33. The molecule has 1 atom stereocenters. The third kappa shape index (κ3) is 4.96. The molecule has 32 heavy (non-hydrogen) atoms. The Morgan fingerprint density at radius 2 is 1.69 bits per heavy atom. The Morgan fingerprint density at radius 1 is 1.03 bits per heavy atom. The molecule has 2 aromatic rings. The van der Waals surface area contributed by atoms with Crippen LogP contribution in [0.5, 0.6) is 0 Å². The van der Waals surface area contributed by atoms with Gasteiger partial charge in [0, 0.05) is 48.2 Å². The third-order valence-electron chi connectivity index (χ3n) is 6.11. The van der Waals surface area contributed by atoms with Crippen LogP contribution in [0.1, 0.15) is 29.6 Å². The zero-order valence-corrected chi connectivity index (χ0v) is 18.7. The highest BCUT2D eigenvalue weighted by atomic mass is 32.2. The molecule has 1 unspecified atom stereocenters. The number of carbonyl (C=O) groups is 3. The van der Waals surface area contributed by atoms with Crippen molar-refractivity contribution in [2.75, 3.05) is 30.8 Å². The van der Waals surface area contributed by atoms with Gasteiger partial charge in [-0.15, -0.1) is 11.8 Å². The van der Waals surface area contributed by atoms with Crippen LogP contribution in [0, 0.1) is 11.7 Å². The Kier molecular flexibility index (Phi) is 6.79. The number of anilines is 1. The van der Waals surface area contributed by atoms with Gasteiger partial charge in [0.1, 0.15) is 5.82 Å². The Balaban J connectivity index is 1.29. The average molecular weight is 456 g/mol. The van der Waals surface area contributed by atoms with Crippen molar-refractivity contribution in [2.45, 2.75) is 30.2 Å². The number of hydrogen-bond donors (Lipinski definition) is 1. The first-order valence-electron chi connectivity index (χ1n) is 10.7. The fourth-order valence-electron chi connectivity index (χ4n) is 4.26. The standard InChI is InChI=1S/C24H26FN3O3S/c1-32-21-8-6-20(7-9-21)28-15-17(14-22(28)29)24(31)27-12-10-19(11-13-27)26-23(30)16-2-4-18(25)5-3-16/h2-9,17,19H,10-15H2,1H3,(H,26,30). The predicted molar refractivity (Wildman–Crippen MR) is 122 cm³/mol. The van der Waals surface area contributed by atoms with Crippen molar-refractivity contribution in [3.8, 4) is 0 Å². The Hall–Kier alpha value is -2.87. The van der Waals surface area contributed by atoms with E-state index in [9.17, 15) is 18.8 Å². The van der Waals surface area contributed by atoms with Crippen LogP contribution in [-0.4, -0.2) is 54.6 Å². The van der Waals surface area contributed by atoms with Crippen LogP contribution in [0.15, 0.2) is 53.4 Å². The molecule has 2 saturated heterocycles. The van der Waals surface area contributed by atoms with Crippen LogP contribution in [0.3, 0.4) is 0 Å². The second-order valence-corrected chi connectivity index (χ2v) is 9.06. The number of benzene rings is 2. The summed E-state index contributed by atoms with van der Waals surface area (Å²) in [5, 5.41) is 2.97. The molecule has 2 aromatic carbocycles. The van der Waals surface area contributed by atoms with Gasteiger partial charge in [0.25, 0.3) is 5.91 Å². The van der Waals surface area contributed by atoms with Crippen molar-refractivity contribution in [2.24, 2.45) is 5.92 Å². The maximum atomic E-state index is 13.0. The molecule has 3 amide bonds. The van der Waals surface area contributed by atoms with Gasteiger partial charge in [-0.2, -0.15) is 0 Å². The molecule has 0 aliphatic carbocycles. The van der Waals surface area contributed by atoms with E-state index in [2.05, 4.69) is 5.32 Å². The normalized spacial score (nSPS) is 19.3. The number of likely N-dealkylation sites (tertiary alicyclic amines) is 1. The average Bonchev–Trinajstić information content (AvgIpc) is 3.21. The van der Waals surface area contributed by atoms with Crippen molar-refractivity contribution in [3.63, 3.8) is 0 Å². The topological polar surface area (TPSA) is 69.7 Å². The van der Waals surface area contributed by atoms with Crippen LogP contribution in [0.2, 0.25) is 0 Å². The zero-order chi connectivity index (χ0) is 22.7. The monoisotopic (exact) mass is 455 g/mol. The molecule has 2 heterocycles. The fourth-order valence-corrected chi connectivity index (χ4v) is 4.67. The quantitative estimate of drug-likeness (QED) is 0.703. The van der Waals surface area contributed by atoms with Gasteiger partial charge < -0.3 is 15.1 Å². The maximum absolute atomic E-state index is 13.0. The lowest BCUT2D eigenvalue weighted by molar-refractivity contribution is -0.136. The summed E-state index contributed by atoms with van der Waals surface area (Å²) in [6.45, 7) is 1.48. The van der Waals surface area contributed by atoms with E-state index in [1.165, 1.54) is 24.3 Å². The second kappa shape index (κ2) is 9.73. The molecule has 0 bridgehead atoms. The number of carbonyl (C=O) groups excluding carboxylic acids is 3. The first-order chi connectivity index (χ1) is 15.4. The molecule has 0 saturated carbocycles. The van der Waals surface area contributed by atoms with E-state index in [0.29, 0.717) is 38.0 Å². The number of halogens is 1. The highest BCUT2D eigenvalue weighted by molar-refractivity contribution is 7.98. The van der Waals surface area contributed by atoms with Gasteiger partial charge in [-0.3, -0.25) is 14.4 Å². The van der Waals surface area contributed by atoms with E-state index in [-0.39, 0.29) is 41.9 Å². The Morgan fingerprint density at radius 3 is 2.31 bits per heavy atom. The van der Waals surface area contributed by atoms with E-state index in [4.69, 9.17) is 0 Å². The van der Waals surface area contributed by atoms with Gasteiger partial charge in [-0.25, -0.2) is 4.39 Å². The van der Waals surface area contributed by atoms with E-state index < -0.39 is 0 Å². The minimum absolute atomic E-state index is 0.00453. The molecule has 2 aliphatic rings. The molecular formula is C24H26FN3O3S. The van der Waals surface area contributed by atoms with Crippen LogP contribution in [-0.2, 0) is 9.59 Å². The van der Waals surface area contributed by atoms with E-state index in [1.54, 1.807) is 21.6 Å². The lowest BCUT2D eigenvalue weighted by atomic mass is 10.0. The molecule has 6 nitrogen and oxygen atoms in total. The summed E-state index contributed by atoms with van der Waals surface area (Å²) in [6.07, 6.45) is 3.53. The van der Waals surface area contributed by atoms with Gasteiger partial charge in [-0.05, 0) is 67.6 Å². The van der Waals surface area contributed by atoms with Crippen molar-refractivity contribution in [1.82, 2.24) is 10.2 Å². The molecular weight excluding hydrogens is 429 g/mol. The molecule has 0 radical (unpaired) electrons. The smallest absolute Gasteiger partial charge is 0.251 e. The summed E-state index contributed by atoms with van der Waals surface area (Å²) in [7, 11) is 0. The molecule has 0 aromatic heterocycles. The number of hydrogen-bond acceptors (Lipinski definition) is 4. The van der Waals surface area contributed by atoms with Gasteiger partial charge in [-0.1, -0.05) is 0 Å². The third-order valence-corrected chi connectivity index (χ3v) is 6.85. The highest BCUT2D eigenvalue weighted by Crippen LogP contribution is 2.28. The number of rotatable bonds is 5. The summed E-state index contributed by atoms with van der Waals surface area (Å²) in [5.41, 5.74) is 1.24. The minimum atomic E-state index is -0.380. The first-order valence-corrected chi connectivity index (χ1v) is 12.0. The SMILES string of the molecule is CSc1ccc(N2CC(C(=O)N3CCC(NC(=O)c4ccc(F)cc4)CC3)CC2=O)cc1. The fraction of sp³-hybridized carbons (Fsp3) is 0.375. The van der Waals surface area contributed by atoms with E-state index >= 15 is 0 Å². The summed E-state index contributed by atoms with van der Waals surface area (Å²) < 4.78 is 13.0. The largest absolute Gasteiger partial charge is 0.349 e. The van der Waals surface area contributed by atoms with Crippen molar-refractivity contribution < 1.29 is 18.8 Å². The minimum Gasteiger partial charge on any atom is -0.349 e. The van der Waals surface area contributed by atoms with Gasteiger partial charge in [0.05, 0.1) is 5.92 Å². The van der Waals surface area contributed by atoms with E-state index in [1.807, 2.05) is 30.5 Å². The number of nitrogens with one attached hydrogen (secondary N) is 1. The lowest BCUT2D eigenvalue weighted by Crippen LogP contribution is -2.48. The van der Waals surface area contributed by atoms with Crippen LogP contribution in [0.25, 0.3) is 0 Å². The first kappa shape index (κ1) is 22.3. The Labute approximate surface area is 191 Å². The second-order valence-electron chi connectivity index (χ2n) is 8.18.